The summed E-state index contributed by atoms with van der Waals surface area (Å²) in [5.74, 6) is 0.606. The largest absolute Gasteiger partial charge is 0.344 e. The molecule has 42 heavy (non-hydrogen) atoms. The third-order valence-corrected chi connectivity index (χ3v) is 9.06. The van der Waals surface area contributed by atoms with Crippen LogP contribution in [0.5, 0.6) is 0 Å². The summed E-state index contributed by atoms with van der Waals surface area (Å²) < 4.78 is 1.65. The number of fused-ring (bicyclic) bond motifs is 1. The van der Waals surface area contributed by atoms with E-state index in [4.69, 9.17) is 9.97 Å². The average Bonchev–Trinajstić information content (AvgIpc) is 3.64. The summed E-state index contributed by atoms with van der Waals surface area (Å²) in [6, 6.07) is 8.96. The molecule has 3 amide bonds. The first-order chi connectivity index (χ1) is 20.2. The summed E-state index contributed by atoms with van der Waals surface area (Å²) in [7, 11) is 3.47. The maximum Gasteiger partial charge on any atom is 0.328 e. The standard InChI is InChI=1S/C33H44N6O3/c1-6-21(2)31(40)36-30(23-13-8-7-9-14-23)32(41)38-18-12-17-29(38)27-19-26(34-22(3)35-27)25-20-39(33(42)37(4)5)28-16-11-10-15-24(25)28/h10-11,15-16,19-21,23,29-30H,6-9,12-14,17-18H2,1-5H3,(H,36,40). The first-order valence-corrected chi connectivity index (χ1v) is 15.5. The molecule has 2 aliphatic rings. The van der Waals surface area contributed by atoms with Gasteiger partial charge >= 0.3 is 6.03 Å². The van der Waals surface area contributed by atoms with Crippen molar-refractivity contribution >= 4 is 28.7 Å². The Morgan fingerprint density at radius 1 is 1.05 bits per heavy atom. The van der Waals surface area contributed by atoms with Crippen LogP contribution in [0, 0.1) is 18.8 Å². The number of aromatic nitrogens is 3. The minimum Gasteiger partial charge on any atom is -0.344 e. The highest BCUT2D eigenvalue weighted by atomic mass is 16.2. The number of likely N-dealkylation sites (tertiary alicyclic amines) is 1. The Morgan fingerprint density at radius 2 is 1.79 bits per heavy atom. The third-order valence-electron chi connectivity index (χ3n) is 9.06. The van der Waals surface area contributed by atoms with Crippen molar-refractivity contribution in [2.45, 2.75) is 84.2 Å². The molecule has 3 atom stereocenters. The molecule has 1 aliphatic carbocycles. The summed E-state index contributed by atoms with van der Waals surface area (Å²) in [5, 5.41) is 4.11. The number of para-hydroxylation sites is 1. The second-order valence-corrected chi connectivity index (χ2v) is 12.2. The van der Waals surface area contributed by atoms with Gasteiger partial charge in [-0.1, -0.05) is 51.3 Å². The second-order valence-electron chi connectivity index (χ2n) is 12.2. The van der Waals surface area contributed by atoms with Crippen LogP contribution in [0.1, 0.15) is 82.8 Å². The zero-order valence-corrected chi connectivity index (χ0v) is 25.6. The fourth-order valence-corrected chi connectivity index (χ4v) is 6.50. The molecule has 2 fully saturated rings. The van der Waals surface area contributed by atoms with Crippen LogP contribution in [0.2, 0.25) is 0 Å². The van der Waals surface area contributed by atoms with Gasteiger partial charge in [0.1, 0.15) is 11.9 Å². The minimum absolute atomic E-state index is 0.00653. The van der Waals surface area contributed by atoms with E-state index in [1.54, 1.807) is 23.6 Å². The molecule has 3 aromatic rings. The molecule has 2 aromatic heterocycles. The van der Waals surface area contributed by atoms with Gasteiger partial charge in [-0.3, -0.25) is 14.2 Å². The van der Waals surface area contributed by atoms with E-state index in [9.17, 15) is 14.4 Å². The van der Waals surface area contributed by atoms with Gasteiger partial charge in [0.2, 0.25) is 11.8 Å². The number of benzene rings is 1. The van der Waals surface area contributed by atoms with Crippen LogP contribution in [0.15, 0.2) is 36.5 Å². The molecule has 5 rings (SSSR count). The number of hydrogen-bond acceptors (Lipinski definition) is 5. The van der Waals surface area contributed by atoms with Crippen LogP contribution < -0.4 is 5.32 Å². The maximum absolute atomic E-state index is 14.3. The lowest BCUT2D eigenvalue weighted by atomic mass is 9.83. The lowest BCUT2D eigenvalue weighted by Crippen LogP contribution is -2.53. The van der Waals surface area contributed by atoms with Gasteiger partial charge in [-0.25, -0.2) is 14.8 Å². The summed E-state index contributed by atoms with van der Waals surface area (Å²) >= 11 is 0. The van der Waals surface area contributed by atoms with Crippen molar-refractivity contribution in [2.75, 3.05) is 20.6 Å². The smallest absolute Gasteiger partial charge is 0.328 e. The molecule has 1 aliphatic heterocycles. The lowest BCUT2D eigenvalue weighted by molar-refractivity contribution is -0.140. The number of nitrogens with one attached hydrogen (secondary N) is 1. The van der Waals surface area contributed by atoms with E-state index in [2.05, 4.69) is 5.32 Å². The fraction of sp³-hybridized carbons (Fsp3) is 0.545. The van der Waals surface area contributed by atoms with Crippen molar-refractivity contribution in [1.29, 1.82) is 0 Å². The van der Waals surface area contributed by atoms with Crippen LogP contribution in [0.3, 0.4) is 0 Å². The molecule has 1 saturated heterocycles. The molecule has 3 heterocycles. The molecular formula is C33H44N6O3. The van der Waals surface area contributed by atoms with E-state index >= 15 is 0 Å². The van der Waals surface area contributed by atoms with Gasteiger partial charge in [-0.15, -0.1) is 0 Å². The Labute approximate surface area is 248 Å². The summed E-state index contributed by atoms with van der Waals surface area (Å²) in [4.78, 5) is 53.3. The summed E-state index contributed by atoms with van der Waals surface area (Å²) in [6.45, 7) is 6.43. The number of aryl methyl sites for hydroxylation is 1. The highest BCUT2D eigenvalue weighted by molar-refractivity contribution is 6.00. The summed E-state index contributed by atoms with van der Waals surface area (Å²) in [5.41, 5.74) is 3.19. The zero-order chi connectivity index (χ0) is 30.0. The molecule has 9 heteroatoms. The molecular weight excluding hydrogens is 528 g/mol. The first-order valence-electron chi connectivity index (χ1n) is 15.5. The van der Waals surface area contributed by atoms with E-state index in [-0.39, 0.29) is 35.7 Å². The molecule has 3 unspecified atom stereocenters. The maximum atomic E-state index is 14.3. The Balaban J connectivity index is 1.49. The van der Waals surface area contributed by atoms with Crippen LogP contribution in [0.25, 0.3) is 22.2 Å². The molecule has 1 N–H and O–H groups in total. The van der Waals surface area contributed by atoms with Crippen LogP contribution in [-0.4, -0.2) is 68.9 Å². The number of carbonyl (C=O) groups excluding carboxylic acids is 3. The lowest BCUT2D eigenvalue weighted by Gasteiger charge is -2.35. The first kappa shape index (κ1) is 29.7. The normalized spacial score (nSPS) is 19.1. The Morgan fingerprint density at radius 3 is 2.50 bits per heavy atom. The Kier molecular flexibility index (Phi) is 8.94. The van der Waals surface area contributed by atoms with E-state index < -0.39 is 6.04 Å². The van der Waals surface area contributed by atoms with Gasteiger partial charge in [0.15, 0.2) is 0 Å². The van der Waals surface area contributed by atoms with Gasteiger partial charge in [-0.05, 0) is 57.1 Å². The highest BCUT2D eigenvalue weighted by Gasteiger charge is 2.39. The van der Waals surface area contributed by atoms with Gasteiger partial charge < -0.3 is 15.1 Å². The zero-order valence-electron chi connectivity index (χ0n) is 25.6. The monoisotopic (exact) mass is 572 g/mol. The molecule has 9 nitrogen and oxygen atoms in total. The molecule has 1 aromatic carbocycles. The van der Waals surface area contributed by atoms with Crippen molar-refractivity contribution in [3.05, 3.63) is 48.0 Å². The molecule has 224 valence electrons. The van der Waals surface area contributed by atoms with Gasteiger partial charge in [0.05, 0.1) is 22.9 Å². The minimum atomic E-state index is -0.509. The third kappa shape index (κ3) is 5.92. The highest BCUT2D eigenvalue weighted by Crippen LogP contribution is 2.37. The fourth-order valence-electron chi connectivity index (χ4n) is 6.50. The van der Waals surface area contributed by atoms with Crippen molar-refractivity contribution in [1.82, 2.24) is 29.7 Å². The SMILES string of the molecule is CCC(C)C(=O)NC(C(=O)N1CCCC1c1cc(-c2cn(C(=O)N(C)C)c3ccccc23)nc(C)n1)C1CCCCC1. The van der Waals surface area contributed by atoms with Gasteiger partial charge in [0.25, 0.3) is 0 Å². The molecule has 0 bridgehead atoms. The Hall–Kier alpha value is -3.75. The van der Waals surface area contributed by atoms with Gasteiger partial charge in [-0.2, -0.15) is 0 Å². The Bertz CT molecular complexity index is 1460. The van der Waals surface area contributed by atoms with Crippen molar-refractivity contribution in [3.8, 4) is 11.3 Å². The average molecular weight is 573 g/mol. The van der Waals surface area contributed by atoms with E-state index in [1.807, 2.05) is 62.2 Å². The van der Waals surface area contributed by atoms with Crippen LogP contribution >= 0.6 is 0 Å². The van der Waals surface area contributed by atoms with Crippen molar-refractivity contribution in [2.24, 2.45) is 11.8 Å². The van der Waals surface area contributed by atoms with Crippen LogP contribution in [-0.2, 0) is 9.59 Å². The number of carbonyl (C=O) groups is 3. The molecule has 0 radical (unpaired) electrons. The predicted molar refractivity (Wildman–Crippen MR) is 164 cm³/mol. The molecule has 0 spiro atoms. The van der Waals surface area contributed by atoms with E-state index in [0.29, 0.717) is 12.4 Å². The van der Waals surface area contributed by atoms with Crippen LogP contribution in [0.4, 0.5) is 4.79 Å². The molecule has 1 saturated carbocycles. The van der Waals surface area contributed by atoms with Crippen molar-refractivity contribution < 1.29 is 14.4 Å². The van der Waals surface area contributed by atoms with Crippen molar-refractivity contribution in [3.63, 3.8) is 0 Å². The predicted octanol–water partition coefficient (Wildman–Crippen LogP) is 5.71. The quantitative estimate of drug-likeness (QED) is 0.391. The van der Waals surface area contributed by atoms with Gasteiger partial charge in [0, 0.05) is 43.7 Å². The topological polar surface area (TPSA) is 100 Å². The number of hydrogen-bond donors (Lipinski definition) is 1. The van der Waals surface area contributed by atoms with E-state index in [0.717, 1.165) is 72.8 Å². The van der Waals surface area contributed by atoms with E-state index in [1.165, 1.54) is 6.42 Å². The number of rotatable bonds is 7. The second kappa shape index (κ2) is 12.6. The number of amides is 3. The number of nitrogens with zero attached hydrogens (tertiary/aromatic N) is 5. The summed E-state index contributed by atoms with van der Waals surface area (Å²) in [6.07, 6.45) is 9.56.